The Balaban J connectivity index is 3.66. The van der Waals surface area contributed by atoms with Gasteiger partial charge in [-0.2, -0.15) is 0 Å². The summed E-state index contributed by atoms with van der Waals surface area (Å²) in [5.41, 5.74) is 0.155. The molecule has 202 valence electrons. The highest BCUT2D eigenvalue weighted by molar-refractivity contribution is 5.85. The molecule has 0 aromatic heterocycles. The molecule has 4 heteroatoms. The number of hydrogen-bond donors (Lipinski definition) is 3. The molecule has 1 unspecified atom stereocenters. The molecule has 4 nitrogen and oxygen atoms in total. The summed E-state index contributed by atoms with van der Waals surface area (Å²) in [7, 11) is 0. The Morgan fingerprint density at radius 2 is 0.971 bits per heavy atom. The highest BCUT2D eigenvalue weighted by atomic mass is 16.4. The lowest BCUT2D eigenvalue weighted by Crippen LogP contribution is -2.31. The van der Waals surface area contributed by atoms with Gasteiger partial charge in [-0.15, -0.1) is 0 Å². The van der Waals surface area contributed by atoms with Crippen LogP contribution in [0.1, 0.15) is 168 Å². The molecule has 1 atom stereocenters. The number of aliphatic hydroxyl groups is 1. The van der Waals surface area contributed by atoms with Gasteiger partial charge in [-0.1, -0.05) is 148 Å². The average Bonchev–Trinajstić information content (AvgIpc) is 2.82. The maximum Gasteiger partial charge on any atom is 0.351 e. The molecule has 0 aliphatic heterocycles. The van der Waals surface area contributed by atoms with Crippen LogP contribution < -0.4 is 5.32 Å². The second kappa shape index (κ2) is 26.6. The topological polar surface area (TPSA) is 69.6 Å². The first-order valence-corrected chi connectivity index (χ1v) is 15.0. The molecule has 0 aliphatic rings. The molecule has 0 spiro atoms. The second-order valence-electron chi connectivity index (χ2n) is 10.2. The van der Waals surface area contributed by atoms with Gasteiger partial charge in [-0.05, 0) is 25.7 Å². The van der Waals surface area contributed by atoms with E-state index in [9.17, 15) is 15.0 Å². The predicted octanol–water partition coefficient (Wildman–Crippen LogP) is 9.27. The Hall–Kier alpha value is -1.03. The monoisotopic (exact) mass is 481 g/mol. The van der Waals surface area contributed by atoms with Crippen LogP contribution in [-0.2, 0) is 4.79 Å². The molecule has 0 radical (unpaired) electrons. The van der Waals surface area contributed by atoms with Crippen molar-refractivity contribution in [2.45, 2.75) is 174 Å². The quantitative estimate of drug-likeness (QED) is 0.0621. The molecule has 0 saturated heterocycles. The van der Waals surface area contributed by atoms with E-state index in [1.54, 1.807) is 6.08 Å². The van der Waals surface area contributed by atoms with E-state index in [2.05, 4.69) is 19.2 Å². The van der Waals surface area contributed by atoms with Gasteiger partial charge in [0.1, 0.15) is 11.9 Å². The van der Waals surface area contributed by atoms with E-state index in [0.29, 0.717) is 6.42 Å². The van der Waals surface area contributed by atoms with Crippen molar-refractivity contribution >= 4 is 5.97 Å². The molecular weight excluding hydrogens is 422 g/mol. The van der Waals surface area contributed by atoms with E-state index in [-0.39, 0.29) is 5.70 Å². The van der Waals surface area contributed by atoms with E-state index >= 15 is 0 Å². The van der Waals surface area contributed by atoms with Crippen molar-refractivity contribution in [2.24, 2.45) is 0 Å². The van der Waals surface area contributed by atoms with Gasteiger partial charge in [-0.25, -0.2) is 4.79 Å². The summed E-state index contributed by atoms with van der Waals surface area (Å²) in [5.74, 6) is -0.971. The predicted molar refractivity (Wildman–Crippen MR) is 147 cm³/mol. The first kappa shape index (κ1) is 33.0. The number of carboxylic acids is 1. The Morgan fingerprint density at radius 3 is 1.35 bits per heavy atom. The lowest BCUT2D eigenvalue weighted by molar-refractivity contribution is -0.133. The fourth-order valence-electron chi connectivity index (χ4n) is 4.52. The van der Waals surface area contributed by atoms with Crippen molar-refractivity contribution in [1.29, 1.82) is 0 Å². The van der Waals surface area contributed by atoms with Crippen LogP contribution in [0.5, 0.6) is 0 Å². The molecule has 0 aromatic rings. The normalized spacial score (nSPS) is 12.7. The first-order valence-electron chi connectivity index (χ1n) is 15.0. The summed E-state index contributed by atoms with van der Waals surface area (Å²) in [6.07, 6.45) is 30.6. The van der Waals surface area contributed by atoms with E-state index in [1.807, 2.05) is 0 Å². The van der Waals surface area contributed by atoms with Gasteiger partial charge >= 0.3 is 5.97 Å². The van der Waals surface area contributed by atoms with Crippen molar-refractivity contribution in [3.63, 3.8) is 0 Å². The van der Waals surface area contributed by atoms with Crippen LogP contribution in [0.3, 0.4) is 0 Å². The molecule has 0 amide bonds. The Bertz CT molecular complexity index is 464. The van der Waals surface area contributed by atoms with Gasteiger partial charge in [0.25, 0.3) is 0 Å². The van der Waals surface area contributed by atoms with Gasteiger partial charge in [0.2, 0.25) is 0 Å². The number of hydrogen-bond acceptors (Lipinski definition) is 3. The van der Waals surface area contributed by atoms with Crippen LogP contribution in [0, 0.1) is 0 Å². The number of rotatable bonds is 27. The van der Waals surface area contributed by atoms with Crippen LogP contribution in [-0.4, -0.2) is 22.4 Å². The third kappa shape index (κ3) is 24.1. The van der Waals surface area contributed by atoms with Gasteiger partial charge in [-0.3, -0.25) is 0 Å². The molecule has 3 N–H and O–H groups in total. The van der Waals surface area contributed by atoms with Gasteiger partial charge in [0.05, 0.1) is 0 Å². The molecular formula is C30H59NO3. The fraction of sp³-hybridized carbons (Fsp3) is 0.900. The Labute approximate surface area is 212 Å². The zero-order valence-corrected chi connectivity index (χ0v) is 22.9. The smallest absolute Gasteiger partial charge is 0.351 e. The lowest BCUT2D eigenvalue weighted by atomic mass is 10.0. The van der Waals surface area contributed by atoms with Crippen molar-refractivity contribution in [3.05, 3.63) is 11.8 Å². The van der Waals surface area contributed by atoms with Crippen LogP contribution in [0.25, 0.3) is 0 Å². The van der Waals surface area contributed by atoms with Crippen LogP contribution in [0.2, 0.25) is 0 Å². The zero-order chi connectivity index (χ0) is 25.1. The second-order valence-corrected chi connectivity index (χ2v) is 10.2. The molecule has 0 aliphatic carbocycles. The summed E-state index contributed by atoms with van der Waals surface area (Å²) in [6.45, 7) is 4.51. The maximum atomic E-state index is 11.5. The highest BCUT2D eigenvalue weighted by Gasteiger charge is 2.11. The standard InChI is InChI=1S/C30H59NO3/c1-3-5-7-9-11-13-14-15-16-17-19-20-22-24-26-28(30(33)34)31-29(32)27-25-23-21-18-12-10-8-6-4-2/h26,29,31-32H,3-25,27H2,1-2H3,(H,33,34)/b28-26-. The van der Waals surface area contributed by atoms with Crippen molar-refractivity contribution < 1.29 is 15.0 Å². The number of carbonyl (C=O) groups is 1. The summed E-state index contributed by atoms with van der Waals surface area (Å²) in [5, 5.41) is 22.4. The third-order valence-corrected chi connectivity index (χ3v) is 6.79. The minimum atomic E-state index is -0.971. The molecule has 0 saturated carbocycles. The van der Waals surface area contributed by atoms with Crippen LogP contribution in [0.4, 0.5) is 0 Å². The largest absolute Gasteiger partial charge is 0.477 e. The molecule has 0 bridgehead atoms. The third-order valence-electron chi connectivity index (χ3n) is 6.79. The van der Waals surface area contributed by atoms with E-state index in [1.165, 1.54) is 116 Å². The van der Waals surface area contributed by atoms with Crippen molar-refractivity contribution in [3.8, 4) is 0 Å². The number of allylic oxidation sites excluding steroid dienone is 1. The SMILES string of the molecule is CCCCCCCCCCCCCCC/C=C(\NC(O)CCCCCCCCCCC)C(=O)O. The number of unbranched alkanes of at least 4 members (excludes halogenated alkanes) is 21. The number of carboxylic acid groups (broad SMARTS) is 1. The number of aliphatic carboxylic acids is 1. The van der Waals surface area contributed by atoms with Crippen molar-refractivity contribution in [2.75, 3.05) is 0 Å². The highest BCUT2D eigenvalue weighted by Crippen LogP contribution is 2.14. The summed E-state index contributed by atoms with van der Waals surface area (Å²) in [6, 6.07) is 0. The van der Waals surface area contributed by atoms with Gasteiger partial charge in [0.15, 0.2) is 0 Å². The molecule has 0 aromatic carbocycles. The van der Waals surface area contributed by atoms with Crippen LogP contribution >= 0.6 is 0 Å². The summed E-state index contributed by atoms with van der Waals surface area (Å²) >= 11 is 0. The lowest BCUT2D eigenvalue weighted by Gasteiger charge is -2.14. The first-order chi connectivity index (χ1) is 16.6. The van der Waals surface area contributed by atoms with Crippen molar-refractivity contribution in [1.82, 2.24) is 5.32 Å². The fourth-order valence-corrected chi connectivity index (χ4v) is 4.52. The van der Waals surface area contributed by atoms with E-state index < -0.39 is 12.2 Å². The number of nitrogens with one attached hydrogen (secondary N) is 1. The van der Waals surface area contributed by atoms with Gasteiger partial charge < -0.3 is 15.5 Å². The zero-order valence-electron chi connectivity index (χ0n) is 22.9. The molecule has 34 heavy (non-hydrogen) atoms. The minimum Gasteiger partial charge on any atom is -0.477 e. The van der Waals surface area contributed by atoms with E-state index in [4.69, 9.17) is 0 Å². The summed E-state index contributed by atoms with van der Waals surface area (Å²) in [4.78, 5) is 11.5. The number of aliphatic hydroxyl groups excluding tert-OH is 1. The van der Waals surface area contributed by atoms with E-state index in [0.717, 1.165) is 32.1 Å². The summed E-state index contributed by atoms with van der Waals surface area (Å²) < 4.78 is 0. The molecule has 0 fully saturated rings. The molecule has 0 heterocycles. The Kier molecular flexibility index (Phi) is 25.8. The van der Waals surface area contributed by atoms with Gasteiger partial charge in [0, 0.05) is 0 Å². The minimum absolute atomic E-state index is 0.155. The average molecular weight is 482 g/mol. The maximum absolute atomic E-state index is 11.5. The Morgan fingerprint density at radius 1 is 0.618 bits per heavy atom. The van der Waals surface area contributed by atoms with Crippen LogP contribution in [0.15, 0.2) is 11.8 Å². The molecule has 0 rings (SSSR count).